The summed E-state index contributed by atoms with van der Waals surface area (Å²) in [5.74, 6) is 0.910. The fourth-order valence-corrected chi connectivity index (χ4v) is 6.45. The van der Waals surface area contributed by atoms with Crippen LogP contribution in [-0.2, 0) is 25.4 Å². The highest BCUT2D eigenvalue weighted by molar-refractivity contribution is 8.32. The van der Waals surface area contributed by atoms with Crippen LogP contribution < -0.4 is 10.1 Å². The van der Waals surface area contributed by atoms with Gasteiger partial charge in [-0.2, -0.15) is 4.98 Å². The number of hydrogen-bond donors (Lipinski definition) is 1. The number of ether oxygens (including phenoxy) is 4. The molecule has 2 aliphatic heterocycles. The molecule has 2 aromatic rings. The second-order valence-corrected chi connectivity index (χ2v) is 22.8. The number of hydrogen-bond acceptors (Lipinski definition) is 8. The third kappa shape index (κ3) is 6.24. The third-order valence-corrected chi connectivity index (χ3v) is 13.8. The van der Waals surface area contributed by atoms with E-state index in [9.17, 15) is 0 Å². The Hall–Kier alpha value is -1.21. The van der Waals surface area contributed by atoms with Crippen LogP contribution in [0.15, 0.2) is 12.5 Å². The lowest BCUT2D eigenvalue weighted by atomic mass is 10.0. The molecule has 1 N–H and O–H groups in total. The number of nitrogens with one attached hydrogen (secondary N) is 1. The monoisotopic (exact) mass is 568 g/mol. The van der Waals surface area contributed by atoms with Crippen molar-refractivity contribution in [3.8, 4) is 5.88 Å². The average Bonchev–Trinajstić information content (AvgIpc) is 3.42. The molecule has 4 unspecified atom stereocenters. The van der Waals surface area contributed by atoms with Crippen LogP contribution in [0.5, 0.6) is 5.88 Å². The zero-order valence-electron chi connectivity index (χ0n) is 25.1. The van der Waals surface area contributed by atoms with Crippen molar-refractivity contribution in [1.29, 1.82) is 0 Å². The summed E-state index contributed by atoms with van der Waals surface area (Å²) in [5, 5.41) is 3.93. The van der Waals surface area contributed by atoms with E-state index in [-0.39, 0.29) is 29.3 Å². The van der Waals surface area contributed by atoms with Gasteiger partial charge in [-0.05, 0) is 50.7 Å². The highest BCUT2D eigenvalue weighted by atomic mass is 32.3. The molecule has 9 nitrogen and oxygen atoms in total. The highest BCUT2D eigenvalue weighted by Crippen LogP contribution is 2.45. The standard InChI is InChI=1S/C27H48N4O5SSi/c1-26(2,3)38(10,11)34-15-19-23-24(36-27(4,5)35-23)21(30-19)18-14-31(17-33-12-13-37(7,8)9)22-20(18)28-16-29-25(22)32-6/h14,16,19,21,23-24,30H,12-13,15,17H2,1-11H3. The van der Waals surface area contributed by atoms with Crippen LogP contribution in [0.4, 0.5) is 0 Å². The molecule has 2 saturated heterocycles. The van der Waals surface area contributed by atoms with Gasteiger partial charge in [0.15, 0.2) is 14.1 Å². The van der Waals surface area contributed by atoms with Crippen molar-refractivity contribution in [2.75, 3.05) is 44.8 Å². The smallest absolute Gasteiger partial charge is 0.241 e. The fourth-order valence-electron chi connectivity index (χ4n) is 4.81. The van der Waals surface area contributed by atoms with Crippen LogP contribution in [0.2, 0.25) is 18.1 Å². The Morgan fingerprint density at radius 3 is 2.45 bits per heavy atom. The maximum atomic E-state index is 6.63. The van der Waals surface area contributed by atoms with Gasteiger partial charge < -0.3 is 33.3 Å². The Bertz CT molecular complexity index is 1130. The van der Waals surface area contributed by atoms with E-state index in [1.807, 2.05) is 13.8 Å². The fraction of sp³-hybridized carbons (Fsp3) is 0.778. The molecule has 4 atom stereocenters. The van der Waals surface area contributed by atoms with Gasteiger partial charge in [-0.3, -0.25) is 0 Å². The second-order valence-electron chi connectivity index (χ2n) is 13.4. The van der Waals surface area contributed by atoms with E-state index in [4.69, 9.17) is 28.4 Å². The van der Waals surface area contributed by atoms with E-state index in [1.54, 1.807) is 13.4 Å². The Labute approximate surface area is 230 Å². The predicted octanol–water partition coefficient (Wildman–Crippen LogP) is 4.66. The third-order valence-electron chi connectivity index (χ3n) is 7.96. The highest BCUT2D eigenvalue weighted by Gasteiger charge is 2.55. The first-order valence-electron chi connectivity index (χ1n) is 13.4. The van der Waals surface area contributed by atoms with Crippen LogP contribution in [0, 0.1) is 0 Å². The SMILES string of the molecule is COc1ncnc2c(C3NC(CO[Si](C)(C)C(C)(C)C)C4OC(C)(C)OC34)cn(COCCS(C)(C)C)c12. The lowest BCUT2D eigenvalue weighted by molar-refractivity contribution is -0.157. The van der Waals surface area contributed by atoms with E-state index in [0.717, 1.165) is 22.3 Å². The molecule has 4 heterocycles. The topological polar surface area (TPSA) is 88.9 Å². The van der Waals surface area contributed by atoms with Gasteiger partial charge in [0.2, 0.25) is 5.88 Å². The summed E-state index contributed by atoms with van der Waals surface area (Å²) in [7, 11) is -0.921. The Morgan fingerprint density at radius 1 is 1.13 bits per heavy atom. The van der Waals surface area contributed by atoms with Crippen LogP contribution in [-0.4, -0.2) is 91.7 Å². The normalized spacial score (nSPS) is 26.2. The first-order valence-corrected chi connectivity index (χ1v) is 19.3. The van der Waals surface area contributed by atoms with Gasteiger partial charge in [-0.25, -0.2) is 15.0 Å². The summed E-state index contributed by atoms with van der Waals surface area (Å²) in [6, 6.07) is -0.133. The molecule has 4 rings (SSSR count). The minimum absolute atomic E-state index is 0.00552. The van der Waals surface area contributed by atoms with E-state index < -0.39 is 24.1 Å². The van der Waals surface area contributed by atoms with Gasteiger partial charge in [0.05, 0.1) is 32.4 Å². The molecule has 2 aromatic heterocycles. The van der Waals surface area contributed by atoms with E-state index in [1.165, 1.54) is 0 Å². The minimum atomic E-state index is -1.93. The molecule has 38 heavy (non-hydrogen) atoms. The van der Waals surface area contributed by atoms with Gasteiger partial charge in [0, 0.05) is 17.5 Å². The van der Waals surface area contributed by atoms with Crippen molar-refractivity contribution < 1.29 is 23.4 Å². The second kappa shape index (κ2) is 10.6. The predicted molar refractivity (Wildman–Crippen MR) is 157 cm³/mol. The Balaban J connectivity index is 1.64. The van der Waals surface area contributed by atoms with Crippen molar-refractivity contribution in [1.82, 2.24) is 19.9 Å². The van der Waals surface area contributed by atoms with E-state index in [0.29, 0.717) is 25.8 Å². The number of aromatic nitrogens is 3. The summed E-state index contributed by atoms with van der Waals surface area (Å²) in [6.45, 7) is 17.0. The molecule has 0 aliphatic carbocycles. The quantitative estimate of drug-likeness (QED) is 0.327. The Kier molecular flexibility index (Phi) is 8.34. The molecular weight excluding hydrogens is 520 g/mol. The first kappa shape index (κ1) is 29.8. The van der Waals surface area contributed by atoms with Gasteiger partial charge in [0.1, 0.15) is 36.3 Å². The maximum absolute atomic E-state index is 6.63. The molecule has 0 radical (unpaired) electrons. The van der Waals surface area contributed by atoms with E-state index >= 15 is 0 Å². The lowest BCUT2D eigenvalue weighted by Crippen LogP contribution is -2.47. The molecule has 0 aromatic carbocycles. The van der Waals surface area contributed by atoms with Crippen molar-refractivity contribution in [3.05, 3.63) is 18.1 Å². The Morgan fingerprint density at radius 2 is 1.82 bits per heavy atom. The number of nitrogens with zero attached hydrogens (tertiary/aromatic N) is 3. The van der Waals surface area contributed by atoms with Crippen LogP contribution in [0.3, 0.4) is 0 Å². The molecule has 216 valence electrons. The van der Waals surface area contributed by atoms with Gasteiger partial charge in [-0.15, -0.1) is 0 Å². The average molecular weight is 569 g/mol. The summed E-state index contributed by atoms with van der Waals surface area (Å²) in [5.41, 5.74) is 2.68. The summed E-state index contributed by atoms with van der Waals surface area (Å²) in [6.07, 6.45) is 10.3. The number of rotatable bonds is 10. The zero-order chi connectivity index (χ0) is 28.1. The maximum Gasteiger partial charge on any atom is 0.241 e. The van der Waals surface area contributed by atoms with Gasteiger partial charge >= 0.3 is 0 Å². The largest absolute Gasteiger partial charge is 0.479 e. The molecular formula is C27H48N4O5SSi. The minimum Gasteiger partial charge on any atom is -0.479 e. The molecule has 0 bridgehead atoms. The summed E-state index contributed by atoms with van der Waals surface area (Å²) in [4.78, 5) is 9.07. The zero-order valence-corrected chi connectivity index (χ0v) is 26.9. The molecule has 0 amide bonds. The van der Waals surface area contributed by atoms with Gasteiger partial charge in [0.25, 0.3) is 0 Å². The van der Waals surface area contributed by atoms with Gasteiger partial charge in [-0.1, -0.05) is 20.8 Å². The summed E-state index contributed by atoms with van der Waals surface area (Å²) >= 11 is 0. The summed E-state index contributed by atoms with van der Waals surface area (Å²) < 4.78 is 33.3. The van der Waals surface area contributed by atoms with Crippen LogP contribution in [0.25, 0.3) is 11.0 Å². The molecule has 2 fully saturated rings. The lowest BCUT2D eigenvalue weighted by Gasteiger charge is -2.37. The molecule has 11 heteroatoms. The van der Waals surface area contributed by atoms with Crippen molar-refractivity contribution in [3.63, 3.8) is 0 Å². The molecule has 0 saturated carbocycles. The first-order chi connectivity index (χ1) is 17.5. The van der Waals surface area contributed by atoms with Crippen molar-refractivity contribution in [2.45, 2.75) is 89.6 Å². The van der Waals surface area contributed by atoms with Crippen LogP contribution in [0.1, 0.15) is 46.2 Å². The van der Waals surface area contributed by atoms with Crippen LogP contribution >= 0.6 is 10.0 Å². The molecule has 2 aliphatic rings. The van der Waals surface area contributed by atoms with Crippen molar-refractivity contribution >= 4 is 29.4 Å². The van der Waals surface area contributed by atoms with E-state index in [2.05, 4.69) is 73.7 Å². The number of fused-ring (bicyclic) bond motifs is 2. The van der Waals surface area contributed by atoms with Crippen molar-refractivity contribution in [2.24, 2.45) is 0 Å². The molecule has 0 spiro atoms. The number of methoxy groups -OCH3 is 1.